The van der Waals surface area contributed by atoms with E-state index in [1.54, 1.807) is 30.3 Å². The van der Waals surface area contributed by atoms with Gasteiger partial charge in [-0.3, -0.25) is 9.10 Å². The molecule has 0 bridgehead atoms. The molecule has 5 nitrogen and oxygen atoms in total. The highest BCUT2D eigenvalue weighted by molar-refractivity contribution is 7.93. The van der Waals surface area contributed by atoms with Crippen LogP contribution in [0.1, 0.15) is 22.3 Å². The van der Waals surface area contributed by atoms with E-state index in [0.717, 1.165) is 5.56 Å². The summed E-state index contributed by atoms with van der Waals surface area (Å²) < 4.78 is 28.7. The number of nitrogens with zero attached hydrogens (tertiary/aromatic N) is 1. The Morgan fingerprint density at radius 3 is 2.36 bits per heavy atom. The molecule has 4 rings (SSSR count). The number of fused-ring (bicyclic) bond motifs is 1. The molecule has 1 amide bonds. The average molecular weight is 392 g/mol. The summed E-state index contributed by atoms with van der Waals surface area (Å²) in [6.45, 7) is 0.362. The van der Waals surface area contributed by atoms with Crippen LogP contribution < -0.4 is 10.0 Å². The molecular formula is C22H20N2O3S. The fourth-order valence-electron chi connectivity index (χ4n) is 3.74. The number of hydrogen-bond donors (Lipinski definition) is 1. The Kier molecular flexibility index (Phi) is 4.65. The summed E-state index contributed by atoms with van der Waals surface area (Å²) in [7, 11) is -3.82. The van der Waals surface area contributed by atoms with E-state index in [1.807, 2.05) is 42.5 Å². The van der Waals surface area contributed by atoms with Crippen LogP contribution in [0, 0.1) is 0 Å². The van der Waals surface area contributed by atoms with E-state index in [0.29, 0.717) is 41.8 Å². The molecule has 0 aliphatic carbocycles. The molecule has 1 heterocycles. The molecule has 3 aromatic rings. The van der Waals surface area contributed by atoms with Gasteiger partial charge in [0.05, 0.1) is 10.6 Å². The van der Waals surface area contributed by atoms with E-state index in [4.69, 9.17) is 5.73 Å². The van der Waals surface area contributed by atoms with Gasteiger partial charge in [-0.25, -0.2) is 8.42 Å². The standard InChI is InChI=1S/C22H20N2O3S/c23-22(25)19-11-6-13-20-18(19)12-7-15-24(20)28(26,27)21-14-5-4-10-17(21)16-8-2-1-3-9-16/h1-6,8-11,13-14H,7,12,15H2,(H2,23,25). The molecule has 0 spiro atoms. The van der Waals surface area contributed by atoms with Gasteiger partial charge in [0.2, 0.25) is 5.91 Å². The predicted octanol–water partition coefficient (Wildman–Crippen LogP) is 3.59. The van der Waals surface area contributed by atoms with Crippen molar-refractivity contribution >= 4 is 21.6 Å². The lowest BCUT2D eigenvalue weighted by molar-refractivity contribution is 0.0999. The lowest BCUT2D eigenvalue weighted by Gasteiger charge is -2.32. The Bertz CT molecular complexity index is 1140. The van der Waals surface area contributed by atoms with E-state index in [-0.39, 0.29) is 4.90 Å². The van der Waals surface area contributed by atoms with Crippen LogP contribution in [-0.2, 0) is 16.4 Å². The summed E-state index contributed by atoms with van der Waals surface area (Å²) in [5.74, 6) is -0.541. The van der Waals surface area contributed by atoms with Crippen LogP contribution in [0.25, 0.3) is 11.1 Å². The number of carbonyl (C=O) groups excluding carboxylic acids is 1. The van der Waals surface area contributed by atoms with Crippen molar-refractivity contribution in [3.05, 3.63) is 83.9 Å². The summed E-state index contributed by atoms with van der Waals surface area (Å²) in [6.07, 6.45) is 1.25. The van der Waals surface area contributed by atoms with Crippen LogP contribution >= 0.6 is 0 Å². The molecule has 0 unspecified atom stereocenters. The fourth-order valence-corrected chi connectivity index (χ4v) is 5.49. The Balaban J connectivity index is 1.87. The topological polar surface area (TPSA) is 80.5 Å². The third kappa shape index (κ3) is 3.05. The number of nitrogens with two attached hydrogens (primary N) is 1. The zero-order chi connectivity index (χ0) is 19.7. The third-order valence-electron chi connectivity index (χ3n) is 5.01. The number of primary amides is 1. The second kappa shape index (κ2) is 7.13. The molecule has 0 saturated carbocycles. The highest BCUT2D eigenvalue weighted by Gasteiger charge is 2.32. The minimum absolute atomic E-state index is 0.249. The minimum Gasteiger partial charge on any atom is -0.366 e. The molecule has 6 heteroatoms. The van der Waals surface area contributed by atoms with Gasteiger partial charge < -0.3 is 5.73 Å². The van der Waals surface area contributed by atoms with Crippen molar-refractivity contribution in [3.8, 4) is 11.1 Å². The SMILES string of the molecule is NC(=O)c1cccc2c1CCCN2S(=O)(=O)c1ccccc1-c1ccccc1. The first-order valence-corrected chi connectivity index (χ1v) is 10.5. The molecule has 0 saturated heterocycles. The lowest BCUT2D eigenvalue weighted by Crippen LogP contribution is -2.36. The largest absolute Gasteiger partial charge is 0.366 e. The average Bonchev–Trinajstić information content (AvgIpc) is 2.73. The molecule has 2 N–H and O–H groups in total. The van der Waals surface area contributed by atoms with Gasteiger partial charge in [-0.15, -0.1) is 0 Å². The minimum atomic E-state index is -3.82. The van der Waals surface area contributed by atoms with Crippen LogP contribution in [-0.4, -0.2) is 20.9 Å². The smallest absolute Gasteiger partial charge is 0.264 e. The zero-order valence-corrected chi connectivity index (χ0v) is 16.0. The van der Waals surface area contributed by atoms with Crippen molar-refractivity contribution in [1.82, 2.24) is 0 Å². The molecular weight excluding hydrogens is 372 g/mol. The third-order valence-corrected chi connectivity index (χ3v) is 6.88. The number of hydrogen-bond acceptors (Lipinski definition) is 3. The van der Waals surface area contributed by atoms with E-state index >= 15 is 0 Å². The van der Waals surface area contributed by atoms with Crippen molar-refractivity contribution in [1.29, 1.82) is 0 Å². The molecule has 3 aromatic carbocycles. The number of sulfonamides is 1. The van der Waals surface area contributed by atoms with Crippen LogP contribution in [0.3, 0.4) is 0 Å². The highest BCUT2D eigenvalue weighted by Crippen LogP contribution is 2.36. The first-order chi connectivity index (χ1) is 13.5. The monoisotopic (exact) mass is 392 g/mol. The second-order valence-electron chi connectivity index (χ2n) is 6.71. The zero-order valence-electron chi connectivity index (χ0n) is 15.2. The summed E-state index contributed by atoms with van der Waals surface area (Å²) >= 11 is 0. The number of carbonyl (C=O) groups is 1. The number of benzene rings is 3. The Morgan fingerprint density at radius 2 is 1.61 bits per heavy atom. The van der Waals surface area contributed by atoms with Crippen molar-refractivity contribution in [2.75, 3.05) is 10.8 Å². The van der Waals surface area contributed by atoms with Crippen LogP contribution in [0.15, 0.2) is 77.7 Å². The normalized spacial score (nSPS) is 13.8. The summed E-state index contributed by atoms with van der Waals surface area (Å²) in [6, 6.07) is 21.5. The van der Waals surface area contributed by atoms with Crippen molar-refractivity contribution < 1.29 is 13.2 Å². The first-order valence-electron chi connectivity index (χ1n) is 9.09. The van der Waals surface area contributed by atoms with E-state index < -0.39 is 15.9 Å². The lowest BCUT2D eigenvalue weighted by atomic mass is 9.97. The first kappa shape index (κ1) is 18.3. The summed E-state index contributed by atoms with van der Waals surface area (Å²) in [5.41, 5.74) is 8.60. The van der Waals surface area contributed by atoms with E-state index in [9.17, 15) is 13.2 Å². The molecule has 1 aliphatic rings. The van der Waals surface area contributed by atoms with Gasteiger partial charge in [0.15, 0.2) is 0 Å². The molecule has 0 fully saturated rings. The molecule has 142 valence electrons. The summed E-state index contributed by atoms with van der Waals surface area (Å²) in [5, 5.41) is 0. The molecule has 1 aliphatic heterocycles. The number of anilines is 1. The maximum Gasteiger partial charge on any atom is 0.264 e. The van der Waals surface area contributed by atoms with E-state index in [2.05, 4.69) is 0 Å². The number of amides is 1. The van der Waals surface area contributed by atoms with Gasteiger partial charge in [0.25, 0.3) is 10.0 Å². The molecule has 0 atom stereocenters. The van der Waals surface area contributed by atoms with Gasteiger partial charge in [0, 0.05) is 17.7 Å². The Labute approximate surface area is 164 Å². The molecule has 0 aromatic heterocycles. The highest BCUT2D eigenvalue weighted by atomic mass is 32.2. The van der Waals surface area contributed by atoms with Gasteiger partial charge in [0.1, 0.15) is 0 Å². The van der Waals surface area contributed by atoms with Gasteiger partial charge in [-0.2, -0.15) is 0 Å². The van der Waals surface area contributed by atoms with Gasteiger partial charge >= 0.3 is 0 Å². The van der Waals surface area contributed by atoms with E-state index in [1.165, 1.54) is 4.31 Å². The molecule has 0 radical (unpaired) electrons. The Hall–Kier alpha value is -3.12. The van der Waals surface area contributed by atoms with Crippen molar-refractivity contribution in [3.63, 3.8) is 0 Å². The quantitative estimate of drug-likeness (QED) is 0.737. The molecule has 28 heavy (non-hydrogen) atoms. The number of rotatable bonds is 4. The van der Waals surface area contributed by atoms with Crippen molar-refractivity contribution in [2.24, 2.45) is 5.73 Å². The van der Waals surface area contributed by atoms with Crippen LogP contribution in [0.2, 0.25) is 0 Å². The Morgan fingerprint density at radius 1 is 0.893 bits per heavy atom. The second-order valence-corrected chi connectivity index (χ2v) is 8.54. The van der Waals surface area contributed by atoms with Crippen molar-refractivity contribution in [2.45, 2.75) is 17.7 Å². The maximum absolute atomic E-state index is 13.6. The maximum atomic E-state index is 13.6. The van der Waals surface area contributed by atoms with Gasteiger partial charge in [-0.1, -0.05) is 54.6 Å². The van der Waals surface area contributed by atoms with Crippen LogP contribution in [0.5, 0.6) is 0 Å². The summed E-state index contributed by atoms with van der Waals surface area (Å²) in [4.78, 5) is 12.0. The fraction of sp³-hybridized carbons (Fsp3) is 0.136. The van der Waals surface area contributed by atoms with Crippen LogP contribution in [0.4, 0.5) is 5.69 Å². The predicted molar refractivity (Wildman–Crippen MR) is 110 cm³/mol. The van der Waals surface area contributed by atoms with Gasteiger partial charge in [-0.05, 0) is 42.2 Å².